The Morgan fingerprint density at radius 3 is 3.00 bits per heavy atom. The third-order valence-corrected chi connectivity index (χ3v) is 2.59. The second-order valence-electron chi connectivity index (χ2n) is 3.87. The summed E-state index contributed by atoms with van der Waals surface area (Å²) in [6.45, 7) is 2.84. The lowest BCUT2D eigenvalue weighted by Crippen LogP contribution is -2.30. The summed E-state index contributed by atoms with van der Waals surface area (Å²) >= 11 is 0. The van der Waals surface area contributed by atoms with E-state index in [-0.39, 0.29) is 11.9 Å². The summed E-state index contributed by atoms with van der Waals surface area (Å²) in [6.07, 6.45) is 8.43. The summed E-state index contributed by atoms with van der Waals surface area (Å²) in [6, 6.07) is 0. The standard InChI is InChI=1S/C11H19N5/c1-8-4-2-3-5-9(8)6-7-15-11(14)16-10(12)13/h2-4,9H,5-7H2,1H3,(H6,12,13,14,15,16). The third kappa shape index (κ3) is 4.16. The lowest BCUT2D eigenvalue weighted by Gasteiger charge is -2.18. The van der Waals surface area contributed by atoms with Gasteiger partial charge in [0.25, 0.3) is 0 Å². The number of nitrogens with zero attached hydrogens (tertiary/aromatic N) is 1. The molecule has 5 heteroatoms. The van der Waals surface area contributed by atoms with Gasteiger partial charge in [-0.15, -0.1) is 0 Å². The van der Waals surface area contributed by atoms with Gasteiger partial charge in [-0.3, -0.25) is 5.41 Å². The summed E-state index contributed by atoms with van der Waals surface area (Å²) < 4.78 is 0. The first kappa shape index (κ1) is 12.3. The van der Waals surface area contributed by atoms with Crippen LogP contribution in [0, 0.1) is 11.3 Å². The zero-order valence-corrected chi connectivity index (χ0v) is 9.53. The first-order chi connectivity index (χ1) is 7.59. The predicted molar refractivity (Wildman–Crippen MR) is 67.2 cm³/mol. The largest absolute Gasteiger partial charge is 0.370 e. The molecular formula is C11H19N5. The molecule has 5 nitrogen and oxygen atoms in total. The van der Waals surface area contributed by atoms with Gasteiger partial charge >= 0.3 is 0 Å². The first-order valence-corrected chi connectivity index (χ1v) is 5.35. The first-order valence-electron chi connectivity index (χ1n) is 5.35. The molecule has 0 aromatic carbocycles. The van der Waals surface area contributed by atoms with Gasteiger partial charge in [0.15, 0.2) is 5.96 Å². The van der Waals surface area contributed by atoms with Gasteiger partial charge in [-0.2, -0.15) is 4.99 Å². The predicted octanol–water partition coefficient (Wildman–Crippen LogP) is 0.697. The zero-order valence-electron chi connectivity index (χ0n) is 9.53. The highest BCUT2D eigenvalue weighted by Crippen LogP contribution is 2.22. The normalized spacial score (nSPS) is 18.8. The van der Waals surface area contributed by atoms with Crippen LogP contribution < -0.4 is 16.8 Å². The van der Waals surface area contributed by atoms with Crippen molar-refractivity contribution < 1.29 is 0 Å². The molecule has 0 aromatic rings. The van der Waals surface area contributed by atoms with Crippen molar-refractivity contribution in [3.05, 3.63) is 23.8 Å². The van der Waals surface area contributed by atoms with Crippen molar-refractivity contribution >= 4 is 11.9 Å². The summed E-state index contributed by atoms with van der Waals surface area (Å²) in [5.41, 5.74) is 11.7. The van der Waals surface area contributed by atoms with Crippen LogP contribution >= 0.6 is 0 Å². The molecule has 0 heterocycles. The molecule has 88 valence electrons. The van der Waals surface area contributed by atoms with Gasteiger partial charge in [-0.1, -0.05) is 23.8 Å². The zero-order chi connectivity index (χ0) is 12.0. The topological polar surface area (TPSA) is 100 Å². The minimum absolute atomic E-state index is 0.0213. The van der Waals surface area contributed by atoms with Gasteiger partial charge in [0.2, 0.25) is 5.96 Å². The van der Waals surface area contributed by atoms with E-state index >= 15 is 0 Å². The number of aliphatic imine (C=N–C) groups is 1. The average molecular weight is 221 g/mol. The number of allylic oxidation sites excluding steroid dienone is 4. The van der Waals surface area contributed by atoms with Crippen molar-refractivity contribution in [3.63, 3.8) is 0 Å². The maximum absolute atomic E-state index is 7.40. The van der Waals surface area contributed by atoms with Crippen molar-refractivity contribution in [2.24, 2.45) is 22.4 Å². The average Bonchev–Trinajstić information content (AvgIpc) is 2.19. The Bertz CT molecular complexity index is 336. The SMILES string of the molecule is CC1=CC=CCC1CCNC(=N)N=C(N)N. The van der Waals surface area contributed by atoms with Crippen molar-refractivity contribution in [2.75, 3.05) is 6.54 Å². The van der Waals surface area contributed by atoms with E-state index in [1.807, 2.05) is 0 Å². The van der Waals surface area contributed by atoms with Crippen LogP contribution in [0.25, 0.3) is 0 Å². The van der Waals surface area contributed by atoms with Crippen molar-refractivity contribution in [2.45, 2.75) is 19.8 Å². The van der Waals surface area contributed by atoms with E-state index in [2.05, 4.69) is 35.5 Å². The van der Waals surface area contributed by atoms with Gasteiger partial charge in [0, 0.05) is 6.54 Å². The number of hydrogen-bond acceptors (Lipinski definition) is 1. The van der Waals surface area contributed by atoms with Crippen LogP contribution in [0.1, 0.15) is 19.8 Å². The molecule has 0 fully saturated rings. The summed E-state index contributed by atoms with van der Waals surface area (Å²) in [5.74, 6) is 0.492. The molecule has 1 atom stereocenters. The number of nitrogens with one attached hydrogen (secondary N) is 2. The molecule has 0 bridgehead atoms. The quantitative estimate of drug-likeness (QED) is 0.417. The summed E-state index contributed by atoms with van der Waals surface area (Å²) in [7, 11) is 0. The molecule has 0 saturated heterocycles. The molecule has 6 N–H and O–H groups in total. The fraction of sp³-hybridized carbons (Fsp3) is 0.455. The van der Waals surface area contributed by atoms with Crippen LogP contribution in [-0.4, -0.2) is 18.5 Å². The van der Waals surface area contributed by atoms with Crippen LogP contribution in [0.15, 0.2) is 28.8 Å². The Morgan fingerprint density at radius 1 is 1.62 bits per heavy atom. The monoisotopic (exact) mass is 221 g/mol. The molecule has 0 aliphatic heterocycles. The van der Waals surface area contributed by atoms with Crippen LogP contribution in [0.5, 0.6) is 0 Å². The smallest absolute Gasteiger partial charge is 0.218 e. The highest BCUT2D eigenvalue weighted by Gasteiger charge is 2.10. The van der Waals surface area contributed by atoms with Crippen LogP contribution in [0.2, 0.25) is 0 Å². The van der Waals surface area contributed by atoms with E-state index in [4.69, 9.17) is 16.9 Å². The summed E-state index contributed by atoms with van der Waals surface area (Å²) in [4.78, 5) is 3.59. The number of guanidine groups is 2. The van der Waals surface area contributed by atoms with Crippen molar-refractivity contribution in [3.8, 4) is 0 Å². The molecule has 0 aromatic heterocycles. The lowest BCUT2D eigenvalue weighted by atomic mass is 9.90. The molecule has 0 saturated carbocycles. The van der Waals surface area contributed by atoms with Gasteiger partial charge in [-0.05, 0) is 25.7 Å². The summed E-state index contributed by atoms with van der Waals surface area (Å²) in [5, 5.41) is 10.3. The maximum Gasteiger partial charge on any atom is 0.218 e. The lowest BCUT2D eigenvalue weighted by molar-refractivity contribution is 0.554. The minimum Gasteiger partial charge on any atom is -0.370 e. The molecule has 1 aliphatic rings. The molecule has 1 aliphatic carbocycles. The van der Waals surface area contributed by atoms with Gasteiger partial charge in [0.1, 0.15) is 0 Å². The van der Waals surface area contributed by atoms with Gasteiger partial charge in [0.05, 0.1) is 0 Å². The van der Waals surface area contributed by atoms with E-state index < -0.39 is 0 Å². The molecule has 0 spiro atoms. The number of rotatable bonds is 3. The van der Waals surface area contributed by atoms with Gasteiger partial charge in [-0.25, -0.2) is 0 Å². The van der Waals surface area contributed by atoms with E-state index in [1.165, 1.54) is 5.57 Å². The van der Waals surface area contributed by atoms with E-state index in [9.17, 15) is 0 Å². The third-order valence-electron chi connectivity index (χ3n) is 2.59. The minimum atomic E-state index is -0.0887. The van der Waals surface area contributed by atoms with Crippen LogP contribution in [0.3, 0.4) is 0 Å². The number of nitrogens with two attached hydrogens (primary N) is 2. The Hall–Kier alpha value is -1.78. The Labute approximate surface area is 95.8 Å². The molecule has 0 amide bonds. The fourth-order valence-electron chi connectivity index (χ4n) is 1.66. The highest BCUT2D eigenvalue weighted by atomic mass is 15.1. The van der Waals surface area contributed by atoms with E-state index in [0.717, 1.165) is 12.8 Å². The van der Waals surface area contributed by atoms with Gasteiger partial charge < -0.3 is 16.8 Å². The highest BCUT2D eigenvalue weighted by molar-refractivity contribution is 5.91. The second kappa shape index (κ2) is 5.95. The fourth-order valence-corrected chi connectivity index (χ4v) is 1.66. The Kier molecular flexibility index (Phi) is 4.57. The second-order valence-corrected chi connectivity index (χ2v) is 3.87. The number of hydrogen-bond donors (Lipinski definition) is 4. The van der Waals surface area contributed by atoms with E-state index in [0.29, 0.717) is 12.5 Å². The Morgan fingerprint density at radius 2 is 2.38 bits per heavy atom. The van der Waals surface area contributed by atoms with E-state index in [1.54, 1.807) is 0 Å². The molecule has 1 unspecified atom stereocenters. The van der Waals surface area contributed by atoms with Crippen molar-refractivity contribution in [1.29, 1.82) is 5.41 Å². The van der Waals surface area contributed by atoms with Crippen molar-refractivity contribution in [1.82, 2.24) is 5.32 Å². The van der Waals surface area contributed by atoms with Crippen LogP contribution in [0.4, 0.5) is 0 Å². The van der Waals surface area contributed by atoms with Crippen LogP contribution in [-0.2, 0) is 0 Å². The maximum atomic E-state index is 7.40. The molecule has 0 radical (unpaired) electrons. The molecular weight excluding hydrogens is 202 g/mol. The molecule has 1 rings (SSSR count). The molecule has 16 heavy (non-hydrogen) atoms. The Balaban J connectivity index is 2.26.